The fraction of sp³-hybridized carbons (Fsp3) is 0.810. The minimum Gasteiger partial charge on any atom is -0.299 e. The second kappa shape index (κ2) is 11.5. The summed E-state index contributed by atoms with van der Waals surface area (Å²) in [6.45, 7) is 6.27. The number of allylic oxidation sites excluding steroid dienone is 2. The smallest absolute Gasteiger partial charge is 0.166 e. The van der Waals surface area contributed by atoms with E-state index in [1.165, 1.54) is 12.8 Å². The van der Waals surface area contributed by atoms with Crippen molar-refractivity contribution in [1.29, 1.82) is 0 Å². The van der Waals surface area contributed by atoms with Crippen molar-refractivity contribution in [2.75, 3.05) is 0 Å². The Balaban J connectivity index is 2.48. The molecule has 0 aromatic heterocycles. The van der Waals surface area contributed by atoms with Gasteiger partial charge in [-0.25, -0.2) is 4.39 Å². The molecular formula is C21H35FO2. The SMILES string of the molecule is CCCC/C=C\CC1C(=O)CC(C)[C@@H]1CCC(=O)C(F)CCCC. The van der Waals surface area contributed by atoms with Gasteiger partial charge in [-0.05, 0) is 37.5 Å². The zero-order valence-electron chi connectivity index (χ0n) is 15.7. The van der Waals surface area contributed by atoms with Crippen LogP contribution in [0.15, 0.2) is 12.2 Å². The first-order chi connectivity index (χ1) is 11.5. The molecule has 0 aromatic carbocycles. The fourth-order valence-electron chi connectivity index (χ4n) is 3.74. The third kappa shape index (κ3) is 6.86. The zero-order valence-corrected chi connectivity index (χ0v) is 15.7. The second-order valence-electron chi connectivity index (χ2n) is 7.38. The summed E-state index contributed by atoms with van der Waals surface area (Å²) in [6.07, 6.45) is 10.8. The molecule has 2 nitrogen and oxygen atoms in total. The number of carbonyl (C=O) groups is 2. The van der Waals surface area contributed by atoms with Crippen molar-refractivity contribution < 1.29 is 14.0 Å². The van der Waals surface area contributed by atoms with E-state index in [9.17, 15) is 14.0 Å². The Kier molecular flexibility index (Phi) is 10.1. The summed E-state index contributed by atoms with van der Waals surface area (Å²) in [5, 5.41) is 0. The quantitative estimate of drug-likeness (QED) is 0.331. The number of alkyl halides is 1. The van der Waals surface area contributed by atoms with E-state index >= 15 is 0 Å². The van der Waals surface area contributed by atoms with Gasteiger partial charge in [-0.15, -0.1) is 0 Å². The van der Waals surface area contributed by atoms with Gasteiger partial charge in [-0.1, -0.05) is 58.6 Å². The van der Waals surface area contributed by atoms with Crippen LogP contribution in [0.1, 0.15) is 85.0 Å². The fourth-order valence-corrected chi connectivity index (χ4v) is 3.74. The molecule has 1 saturated carbocycles. The molecule has 1 rings (SSSR count). The van der Waals surface area contributed by atoms with Crippen LogP contribution >= 0.6 is 0 Å². The van der Waals surface area contributed by atoms with E-state index in [1.807, 2.05) is 6.92 Å². The zero-order chi connectivity index (χ0) is 17.9. The van der Waals surface area contributed by atoms with Gasteiger partial charge >= 0.3 is 0 Å². The van der Waals surface area contributed by atoms with Crippen LogP contribution in [0.25, 0.3) is 0 Å². The predicted octanol–water partition coefficient (Wildman–Crippen LogP) is 5.84. The number of hydrogen-bond donors (Lipinski definition) is 0. The number of unbranched alkanes of at least 4 members (excludes halogenated alkanes) is 3. The molecule has 138 valence electrons. The lowest BCUT2D eigenvalue weighted by molar-refractivity contribution is -0.125. The molecule has 0 bridgehead atoms. The Morgan fingerprint density at radius 1 is 1.25 bits per heavy atom. The summed E-state index contributed by atoms with van der Waals surface area (Å²) < 4.78 is 13.8. The first-order valence-electron chi connectivity index (χ1n) is 9.85. The Bertz CT molecular complexity index is 416. The number of Topliss-reactive ketones (excluding diaryl/α,β-unsaturated/α-hetero) is 2. The summed E-state index contributed by atoms with van der Waals surface area (Å²) in [5.41, 5.74) is 0. The Hall–Kier alpha value is -0.990. The van der Waals surface area contributed by atoms with Crippen molar-refractivity contribution in [3.63, 3.8) is 0 Å². The molecule has 0 radical (unpaired) electrons. The van der Waals surface area contributed by atoms with Crippen molar-refractivity contribution in [3.05, 3.63) is 12.2 Å². The molecule has 1 aliphatic rings. The van der Waals surface area contributed by atoms with Crippen LogP contribution in [0.4, 0.5) is 4.39 Å². The topological polar surface area (TPSA) is 34.1 Å². The molecule has 3 unspecified atom stereocenters. The number of ketones is 2. The van der Waals surface area contributed by atoms with E-state index in [1.54, 1.807) is 0 Å². The van der Waals surface area contributed by atoms with Gasteiger partial charge in [0.1, 0.15) is 5.78 Å². The van der Waals surface area contributed by atoms with Crippen molar-refractivity contribution in [2.45, 2.75) is 91.2 Å². The van der Waals surface area contributed by atoms with Crippen LogP contribution in [0, 0.1) is 17.8 Å². The summed E-state index contributed by atoms with van der Waals surface area (Å²) in [5.74, 6) is 0.623. The van der Waals surface area contributed by atoms with E-state index < -0.39 is 6.17 Å². The van der Waals surface area contributed by atoms with Gasteiger partial charge in [0.05, 0.1) is 0 Å². The van der Waals surface area contributed by atoms with Crippen LogP contribution in [-0.2, 0) is 9.59 Å². The summed E-state index contributed by atoms with van der Waals surface area (Å²) >= 11 is 0. The van der Waals surface area contributed by atoms with Crippen molar-refractivity contribution in [3.8, 4) is 0 Å². The minimum atomic E-state index is -1.32. The molecule has 0 saturated heterocycles. The minimum absolute atomic E-state index is 0.0272. The highest BCUT2D eigenvalue weighted by atomic mass is 19.1. The average Bonchev–Trinajstić information content (AvgIpc) is 2.83. The molecule has 24 heavy (non-hydrogen) atoms. The maximum Gasteiger partial charge on any atom is 0.166 e. The molecule has 4 atom stereocenters. The molecule has 0 heterocycles. The maximum atomic E-state index is 13.8. The normalized spacial score (nSPS) is 25.5. The van der Waals surface area contributed by atoms with E-state index in [2.05, 4.69) is 26.0 Å². The second-order valence-corrected chi connectivity index (χ2v) is 7.38. The van der Waals surface area contributed by atoms with Gasteiger partial charge in [-0.3, -0.25) is 9.59 Å². The summed E-state index contributed by atoms with van der Waals surface area (Å²) in [6, 6.07) is 0. The van der Waals surface area contributed by atoms with Crippen LogP contribution < -0.4 is 0 Å². The van der Waals surface area contributed by atoms with Crippen molar-refractivity contribution in [2.24, 2.45) is 17.8 Å². The summed E-state index contributed by atoms with van der Waals surface area (Å²) in [7, 11) is 0. The van der Waals surface area contributed by atoms with Gasteiger partial charge in [0.15, 0.2) is 12.0 Å². The molecule has 0 aliphatic heterocycles. The lowest BCUT2D eigenvalue weighted by Crippen LogP contribution is -2.21. The number of halogens is 1. The van der Waals surface area contributed by atoms with Crippen LogP contribution in [0.2, 0.25) is 0 Å². The first-order valence-corrected chi connectivity index (χ1v) is 9.85. The highest BCUT2D eigenvalue weighted by Gasteiger charge is 2.39. The summed E-state index contributed by atoms with van der Waals surface area (Å²) in [4.78, 5) is 24.2. The molecule has 0 aromatic rings. The average molecular weight is 339 g/mol. The monoisotopic (exact) mass is 338 g/mol. The van der Waals surface area contributed by atoms with Crippen LogP contribution in [-0.4, -0.2) is 17.7 Å². The van der Waals surface area contributed by atoms with Crippen molar-refractivity contribution in [1.82, 2.24) is 0 Å². The van der Waals surface area contributed by atoms with E-state index in [0.717, 1.165) is 25.7 Å². The highest BCUT2D eigenvalue weighted by molar-refractivity contribution is 5.85. The lowest BCUT2D eigenvalue weighted by Gasteiger charge is -2.21. The van der Waals surface area contributed by atoms with E-state index in [4.69, 9.17) is 0 Å². The third-order valence-corrected chi connectivity index (χ3v) is 5.35. The Labute approximate surface area is 147 Å². The van der Waals surface area contributed by atoms with E-state index in [0.29, 0.717) is 31.0 Å². The molecule has 3 heteroatoms. The largest absolute Gasteiger partial charge is 0.299 e. The van der Waals surface area contributed by atoms with Gasteiger partial charge in [0.25, 0.3) is 0 Å². The van der Waals surface area contributed by atoms with Gasteiger partial charge in [-0.2, -0.15) is 0 Å². The first kappa shape index (κ1) is 21.1. The molecule has 1 aliphatic carbocycles. The maximum absolute atomic E-state index is 13.8. The molecule has 1 fully saturated rings. The molecule has 0 amide bonds. The van der Waals surface area contributed by atoms with Crippen LogP contribution in [0.5, 0.6) is 0 Å². The van der Waals surface area contributed by atoms with Gasteiger partial charge < -0.3 is 0 Å². The molecule has 0 spiro atoms. The number of hydrogen-bond acceptors (Lipinski definition) is 2. The van der Waals surface area contributed by atoms with E-state index in [-0.39, 0.29) is 24.0 Å². The predicted molar refractivity (Wildman–Crippen MR) is 97.7 cm³/mol. The number of rotatable bonds is 12. The molecule has 0 N–H and O–H groups in total. The number of carbonyl (C=O) groups excluding carboxylic acids is 2. The lowest BCUT2D eigenvalue weighted by atomic mass is 9.83. The Morgan fingerprint density at radius 2 is 1.96 bits per heavy atom. The van der Waals surface area contributed by atoms with Crippen molar-refractivity contribution >= 4 is 11.6 Å². The third-order valence-electron chi connectivity index (χ3n) is 5.35. The van der Waals surface area contributed by atoms with Gasteiger partial charge in [0.2, 0.25) is 0 Å². The Morgan fingerprint density at radius 3 is 2.62 bits per heavy atom. The van der Waals surface area contributed by atoms with Crippen LogP contribution in [0.3, 0.4) is 0 Å². The van der Waals surface area contributed by atoms with Gasteiger partial charge in [0, 0.05) is 18.8 Å². The highest BCUT2D eigenvalue weighted by Crippen LogP contribution is 2.39. The molecular weight excluding hydrogens is 303 g/mol. The standard InChI is InChI=1S/C21H35FO2/c1-4-6-8-9-10-11-18-17(16(3)15-21(18)24)13-14-20(23)19(22)12-7-5-2/h9-10,16-19H,4-8,11-15H2,1-3H3/b10-9-/t16?,17-,18?,19?/m0/s1.